The molecular formula is C18H25BrN3O3-. The standard InChI is InChI=1S/C9H14N2O.C9H11NO2.BrH/c1-11(2,3)7-8-9(12)5-4-6-10-8;1-7-3-5-8(6-4-7)10(2)9(11)12;/h4-6H,7H2,1-3H3;3-6H,1-2H3,(H,11,12);1H/p-1. The topological polar surface area (TPSA) is 76.5 Å². The molecule has 6 nitrogen and oxygen atoms in total. The van der Waals surface area contributed by atoms with Gasteiger partial charge in [0, 0.05) is 18.9 Å². The number of nitrogens with zero attached hydrogens (tertiary/aromatic N) is 3. The van der Waals surface area contributed by atoms with Crippen LogP contribution in [0.15, 0.2) is 42.6 Å². The van der Waals surface area contributed by atoms with Crippen molar-refractivity contribution in [2.75, 3.05) is 33.1 Å². The molecule has 0 spiro atoms. The third kappa shape index (κ3) is 8.51. The lowest BCUT2D eigenvalue weighted by Crippen LogP contribution is -3.00. The van der Waals surface area contributed by atoms with E-state index in [-0.39, 0.29) is 22.7 Å². The van der Waals surface area contributed by atoms with Crippen molar-refractivity contribution in [2.24, 2.45) is 0 Å². The molecular weight excluding hydrogens is 386 g/mol. The Morgan fingerprint density at radius 3 is 2.20 bits per heavy atom. The number of carboxylic acid groups (broad SMARTS) is 1. The molecule has 1 aromatic heterocycles. The van der Waals surface area contributed by atoms with Crippen LogP contribution in [-0.4, -0.2) is 48.9 Å². The summed E-state index contributed by atoms with van der Waals surface area (Å²) in [4.78, 5) is 15.6. The predicted octanol–water partition coefficient (Wildman–Crippen LogP) is -1.23. The smallest absolute Gasteiger partial charge is 0.142 e. The van der Waals surface area contributed by atoms with Crippen LogP contribution in [0.1, 0.15) is 11.3 Å². The second kappa shape index (κ2) is 10.0. The normalized spacial score (nSPS) is 10.1. The van der Waals surface area contributed by atoms with Crippen molar-refractivity contribution in [3.63, 3.8) is 0 Å². The highest BCUT2D eigenvalue weighted by Crippen LogP contribution is 2.15. The van der Waals surface area contributed by atoms with Gasteiger partial charge in [0.25, 0.3) is 0 Å². The van der Waals surface area contributed by atoms with Crippen LogP contribution in [0, 0.1) is 6.92 Å². The van der Waals surface area contributed by atoms with Gasteiger partial charge in [0.15, 0.2) is 0 Å². The Kier molecular flexibility index (Phi) is 9.16. The molecule has 0 radical (unpaired) electrons. The summed E-state index contributed by atoms with van der Waals surface area (Å²) in [6.07, 6.45) is 0.504. The van der Waals surface area contributed by atoms with Gasteiger partial charge < -0.3 is 41.4 Å². The van der Waals surface area contributed by atoms with Crippen molar-refractivity contribution < 1.29 is 36.5 Å². The van der Waals surface area contributed by atoms with Gasteiger partial charge in [0.1, 0.15) is 24.1 Å². The molecule has 1 N–H and O–H groups in total. The van der Waals surface area contributed by atoms with Crippen LogP contribution in [0.2, 0.25) is 0 Å². The number of hydrogen-bond donors (Lipinski definition) is 1. The second-order valence-electron chi connectivity index (χ2n) is 6.58. The van der Waals surface area contributed by atoms with E-state index in [9.17, 15) is 15.0 Å². The molecule has 0 unspecified atom stereocenters. The first-order valence-electron chi connectivity index (χ1n) is 7.55. The summed E-state index contributed by atoms with van der Waals surface area (Å²) in [6, 6.07) is 10.6. The van der Waals surface area contributed by atoms with Crippen LogP contribution in [0.3, 0.4) is 0 Å². The lowest BCUT2D eigenvalue weighted by atomic mass is 10.2. The largest absolute Gasteiger partial charge is 1.00 e. The number of pyridine rings is 1. The Bertz CT molecular complexity index is 670. The van der Waals surface area contributed by atoms with Gasteiger partial charge in [0.2, 0.25) is 0 Å². The molecule has 7 heteroatoms. The van der Waals surface area contributed by atoms with Crippen molar-refractivity contribution >= 4 is 11.8 Å². The summed E-state index contributed by atoms with van der Waals surface area (Å²) < 4.78 is 0.768. The third-order valence-electron chi connectivity index (χ3n) is 3.19. The molecule has 2 aromatic rings. The summed E-state index contributed by atoms with van der Waals surface area (Å²) in [6.45, 7) is 2.69. The number of benzene rings is 1. The van der Waals surface area contributed by atoms with Crippen molar-refractivity contribution in [3.05, 3.63) is 53.9 Å². The summed E-state index contributed by atoms with van der Waals surface area (Å²) in [7, 11) is 7.65. The van der Waals surface area contributed by atoms with Crippen LogP contribution >= 0.6 is 0 Å². The zero-order chi connectivity index (χ0) is 18.3. The van der Waals surface area contributed by atoms with Gasteiger partial charge >= 0.3 is 0 Å². The van der Waals surface area contributed by atoms with E-state index in [0.29, 0.717) is 5.69 Å². The minimum absolute atomic E-state index is 0. The maximum atomic E-state index is 10.4. The number of carbonyl (C=O) groups is 1. The lowest BCUT2D eigenvalue weighted by molar-refractivity contribution is -0.884. The molecule has 0 aliphatic carbocycles. The fourth-order valence-electron chi connectivity index (χ4n) is 1.87. The number of quaternary nitrogens is 1. The van der Waals surface area contributed by atoms with E-state index in [1.165, 1.54) is 7.05 Å². The third-order valence-corrected chi connectivity index (χ3v) is 3.19. The van der Waals surface area contributed by atoms with E-state index in [2.05, 4.69) is 26.1 Å². The molecule has 0 atom stereocenters. The van der Waals surface area contributed by atoms with Gasteiger partial charge in [-0.15, -0.1) is 0 Å². The van der Waals surface area contributed by atoms with E-state index in [0.717, 1.165) is 27.2 Å². The Morgan fingerprint density at radius 1 is 1.20 bits per heavy atom. The molecule has 0 saturated carbocycles. The molecule has 138 valence electrons. The molecule has 0 aliphatic heterocycles. The predicted molar refractivity (Wildman–Crippen MR) is 92.6 cm³/mol. The summed E-state index contributed by atoms with van der Waals surface area (Å²) >= 11 is 0. The highest BCUT2D eigenvalue weighted by atomic mass is 79.9. The first-order chi connectivity index (χ1) is 11.1. The quantitative estimate of drug-likeness (QED) is 0.642. The SMILES string of the molecule is C[N+](C)(C)Cc1ncccc1O.Cc1ccc(N(C)C(=O)[O-])cc1.[Br-]. The molecule has 0 saturated heterocycles. The first-order valence-corrected chi connectivity index (χ1v) is 7.55. The van der Waals surface area contributed by atoms with Crippen LogP contribution < -0.4 is 27.0 Å². The average molecular weight is 411 g/mol. The van der Waals surface area contributed by atoms with Crippen molar-refractivity contribution in [2.45, 2.75) is 13.5 Å². The molecule has 2 rings (SSSR count). The van der Waals surface area contributed by atoms with Gasteiger partial charge in [-0.2, -0.15) is 0 Å². The second-order valence-corrected chi connectivity index (χ2v) is 6.58. The Balaban J connectivity index is 0.000000443. The molecule has 0 fully saturated rings. The number of carbonyl (C=O) groups excluding carboxylic acids is 1. The number of anilines is 1. The molecule has 0 bridgehead atoms. The molecule has 1 aromatic carbocycles. The fraction of sp³-hybridized carbons (Fsp3) is 0.333. The highest BCUT2D eigenvalue weighted by Gasteiger charge is 2.12. The number of aryl methyl sites for hydroxylation is 1. The molecule has 25 heavy (non-hydrogen) atoms. The lowest BCUT2D eigenvalue weighted by Gasteiger charge is -2.23. The summed E-state index contributed by atoms with van der Waals surface area (Å²) in [5.41, 5.74) is 2.48. The maximum Gasteiger partial charge on any atom is 0.142 e. The number of aromatic hydroxyl groups is 1. The summed E-state index contributed by atoms with van der Waals surface area (Å²) in [5.74, 6) is 0.283. The Morgan fingerprint density at radius 2 is 1.76 bits per heavy atom. The number of aromatic nitrogens is 1. The minimum Gasteiger partial charge on any atom is -1.00 e. The number of hydrogen-bond acceptors (Lipinski definition) is 4. The van der Waals surface area contributed by atoms with Gasteiger partial charge in [0.05, 0.1) is 21.1 Å². The van der Waals surface area contributed by atoms with Crippen LogP contribution in [0.5, 0.6) is 5.75 Å². The van der Waals surface area contributed by atoms with Crippen molar-refractivity contribution in [1.29, 1.82) is 0 Å². The van der Waals surface area contributed by atoms with E-state index in [4.69, 9.17) is 0 Å². The van der Waals surface area contributed by atoms with Gasteiger partial charge in [-0.05, 0) is 31.2 Å². The first kappa shape index (κ1) is 22.9. The zero-order valence-corrected chi connectivity index (χ0v) is 16.8. The van der Waals surface area contributed by atoms with Gasteiger partial charge in [-0.1, -0.05) is 17.7 Å². The average Bonchev–Trinajstić information content (AvgIpc) is 2.49. The number of amides is 1. The minimum atomic E-state index is -1.20. The van der Waals surface area contributed by atoms with Crippen LogP contribution in [0.25, 0.3) is 0 Å². The van der Waals surface area contributed by atoms with Crippen LogP contribution in [0.4, 0.5) is 10.5 Å². The molecule has 1 amide bonds. The Labute approximate surface area is 159 Å². The number of halogens is 1. The van der Waals surface area contributed by atoms with E-state index in [1.54, 1.807) is 30.5 Å². The number of rotatable bonds is 3. The Hall–Kier alpha value is -2.12. The fourth-order valence-corrected chi connectivity index (χ4v) is 1.87. The van der Waals surface area contributed by atoms with Gasteiger partial charge in [-0.25, -0.2) is 0 Å². The van der Waals surface area contributed by atoms with E-state index < -0.39 is 6.09 Å². The monoisotopic (exact) mass is 410 g/mol. The van der Waals surface area contributed by atoms with Crippen molar-refractivity contribution in [1.82, 2.24) is 4.98 Å². The van der Waals surface area contributed by atoms with E-state index in [1.807, 2.05) is 19.1 Å². The maximum absolute atomic E-state index is 10.4. The van der Waals surface area contributed by atoms with E-state index >= 15 is 0 Å². The highest BCUT2D eigenvalue weighted by molar-refractivity contribution is 5.83. The van der Waals surface area contributed by atoms with Gasteiger partial charge in [-0.3, -0.25) is 4.98 Å². The molecule has 0 aliphatic rings. The zero-order valence-electron chi connectivity index (χ0n) is 15.2. The summed E-state index contributed by atoms with van der Waals surface area (Å²) in [5, 5.41) is 19.8. The van der Waals surface area contributed by atoms with Crippen molar-refractivity contribution in [3.8, 4) is 5.75 Å². The van der Waals surface area contributed by atoms with Crippen LogP contribution in [-0.2, 0) is 6.54 Å². The molecule has 1 heterocycles.